The van der Waals surface area contributed by atoms with E-state index in [-0.39, 0.29) is 19.6 Å². The Morgan fingerprint density at radius 1 is 0.279 bits per heavy atom. The summed E-state index contributed by atoms with van der Waals surface area (Å²) in [5.74, 6) is 1.33. The molecule has 0 aliphatic carbocycles. The molecule has 8 bridgehead atoms. The normalized spacial score (nSPS) is 32.5. The van der Waals surface area contributed by atoms with Crippen molar-refractivity contribution in [2.24, 2.45) is 0 Å². The van der Waals surface area contributed by atoms with Gasteiger partial charge in [-0.15, -0.1) is 0 Å². The second kappa shape index (κ2) is 45.6. The topological polar surface area (TPSA) is 571 Å². The SMILES string of the molecule is CCCCCCCCCCOc1ccc(-c2c3nc(c(-c4c(C)cc(C)cc4C)c4ccc([nH]4)c(-c4ccc(OCCCO[C@@H]5O[C@H](CO)[C@@H](O[C@H]6O[C@H](CO)[C@@H](O[C@H]7O[C@H](CO)[C@@H](O[C@H]8O[C@H](CO)[C@@H](O[C@H]9O[C@H](CO)[C@@H](O[C@H]%10O[C@H](CO)[C@@H](O)[C@H](O)[C@H]%10O)[C@H](O)[C@H]9O)[C@H](O)[C@H]8O)[C@H](O)[C@H]7O)[C@H](O)[C@H]6O)[C@H](O)[C@H]5O)cc4)c4ccc([nH]4)c(-c4c(C)cc(C)cc4C)c4nc2C=C4)C=C3)cc1. The van der Waals surface area contributed by atoms with Crippen LogP contribution in [0.15, 0.2) is 97.1 Å². The van der Waals surface area contributed by atoms with Crippen LogP contribution >= 0.6 is 0 Å². The summed E-state index contributed by atoms with van der Waals surface area (Å²) < 4.78 is 81.7. The number of aliphatic hydroxyl groups excluding tert-OH is 19. The number of H-pyrrole nitrogens is 2. The van der Waals surface area contributed by atoms with E-state index in [4.69, 9.17) is 76.3 Å². The van der Waals surface area contributed by atoms with E-state index in [0.717, 1.165) is 141 Å². The van der Waals surface area contributed by atoms with E-state index in [1.807, 2.05) is 36.4 Å². The molecule has 0 spiro atoms. The summed E-state index contributed by atoms with van der Waals surface area (Å²) in [6, 6.07) is 33.2. The first-order valence-electron chi connectivity index (χ1n) is 46.6. The monoisotopic (exact) mass is 1900 g/mol. The lowest BCUT2D eigenvalue weighted by molar-refractivity contribution is -0.396. The number of aliphatic hydroxyl groups is 19. The molecule has 6 fully saturated rings. The number of ether oxygens (including phenoxy) is 14. The Balaban J connectivity index is 0.585. The molecule has 0 amide bonds. The summed E-state index contributed by atoms with van der Waals surface area (Å²) >= 11 is 0. The molecule has 7 aromatic rings. The Morgan fingerprint density at radius 2 is 0.559 bits per heavy atom. The third kappa shape index (κ3) is 22.0. The van der Waals surface area contributed by atoms with Crippen LogP contribution in [0.1, 0.15) is 121 Å². The molecule has 15 rings (SSSR count). The number of unbranched alkanes of at least 4 members (excludes halogenated alkanes) is 7. The molecule has 8 aliphatic rings. The number of nitrogens with one attached hydrogen (secondary N) is 2. The second-order valence-corrected chi connectivity index (χ2v) is 36.2. The van der Waals surface area contributed by atoms with Gasteiger partial charge in [-0.05, 0) is 165 Å². The van der Waals surface area contributed by atoms with E-state index in [2.05, 4.69) is 143 Å². The summed E-state index contributed by atoms with van der Waals surface area (Å²) in [6.45, 7) is 9.90. The van der Waals surface area contributed by atoms with Crippen molar-refractivity contribution < 1.29 is 163 Å². The average Bonchev–Trinajstić information content (AvgIpc) is 1.62. The summed E-state index contributed by atoms with van der Waals surface area (Å²) in [4.78, 5) is 19.0. The van der Waals surface area contributed by atoms with E-state index in [9.17, 15) is 97.0 Å². The van der Waals surface area contributed by atoms with Crippen molar-refractivity contribution in [2.75, 3.05) is 59.5 Å². The Morgan fingerprint density at radius 3 is 0.897 bits per heavy atom. The van der Waals surface area contributed by atoms with Gasteiger partial charge in [0.15, 0.2) is 37.7 Å². The van der Waals surface area contributed by atoms with Crippen LogP contribution < -0.4 is 9.47 Å². The summed E-state index contributed by atoms with van der Waals surface area (Å²) in [5, 5.41) is 208. The van der Waals surface area contributed by atoms with Gasteiger partial charge in [0.25, 0.3) is 0 Å². The number of nitrogens with zero attached hydrogens (tertiary/aromatic N) is 2. The average molecular weight is 1900 g/mol. The van der Waals surface area contributed by atoms with Gasteiger partial charge in [0.05, 0.1) is 82.2 Å². The molecular weight excluding hydrogens is 1770 g/mol. The van der Waals surface area contributed by atoms with Crippen molar-refractivity contribution in [1.82, 2.24) is 19.9 Å². The molecule has 136 heavy (non-hydrogen) atoms. The maximum atomic E-state index is 11.6. The lowest BCUT2D eigenvalue weighted by atomic mass is 9.92. The van der Waals surface area contributed by atoms with E-state index < -0.39 is 224 Å². The lowest BCUT2D eigenvalue weighted by Crippen LogP contribution is -2.68. The minimum Gasteiger partial charge on any atom is -0.494 e. The van der Waals surface area contributed by atoms with Crippen LogP contribution in [0.5, 0.6) is 11.5 Å². The summed E-state index contributed by atoms with van der Waals surface area (Å²) in [6.07, 6.45) is -38.6. The van der Waals surface area contributed by atoms with Crippen molar-refractivity contribution in [3.63, 3.8) is 0 Å². The zero-order chi connectivity index (χ0) is 96.8. The van der Waals surface area contributed by atoms with E-state index in [1.165, 1.54) is 38.5 Å². The van der Waals surface area contributed by atoms with Gasteiger partial charge in [0.1, 0.15) is 158 Å². The third-order valence-corrected chi connectivity index (χ3v) is 26.4. The fraction of sp³-hybridized carbons (Fsp3) is 0.556. The van der Waals surface area contributed by atoms with Gasteiger partial charge in [-0.1, -0.05) is 112 Å². The van der Waals surface area contributed by atoms with Gasteiger partial charge in [-0.3, -0.25) is 0 Å². The molecule has 742 valence electrons. The summed E-state index contributed by atoms with van der Waals surface area (Å²) in [5.41, 5.74) is 20.6. The molecule has 37 heteroatoms. The Hall–Kier alpha value is -8.16. The smallest absolute Gasteiger partial charge is 0.187 e. The number of aromatic amines is 2. The predicted molar refractivity (Wildman–Crippen MR) is 490 cm³/mol. The van der Waals surface area contributed by atoms with Crippen LogP contribution in [0.2, 0.25) is 0 Å². The molecule has 0 saturated carbocycles. The van der Waals surface area contributed by atoms with E-state index in [0.29, 0.717) is 12.4 Å². The third-order valence-electron chi connectivity index (χ3n) is 26.4. The second-order valence-electron chi connectivity index (χ2n) is 36.2. The first-order valence-corrected chi connectivity index (χ1v) is 46.6. The molecule has 21 N–H and O–H groups in total. The zero-order valence-corrected chi connectivity index (χ0v) is 76.7. The molecule has 37 nitrogen and oxygen atoms in total. The van der Waals surface area contributed by atoms with E-state index in [1.54, 1.807) is 0 Å². The number of hydrogen-bond donors (Lipinski definition) is 21. The van der Waals surface area contributed by atoms with Crippen molar-refractivity contribution in [2.45, 2.75) is 290 Å². The molecule has 0 radical (unpaired) electrons. The number of benzene rings is 4. The largest absolute Gasteiger partial charge is 0.494 e. The fourth-order valence-corrected chi connectivity index (χ4v) is 19.4. The number of aryl methyl sites for hydroxylation is 6. The predicted octanol–water partition coefficient (Wildman–Crippen LogP) is 3.40. The van der Waals surface area contributed by atoms with Crippen LogP contribution in [0.25, 0.3) is 90.9 Å². The first-order chi connectivity index (χ1) is 65.5. The molecular formula is C99H128N4O33. The van der Waals surface area contributed by atoms with Crippen molar-refractivity contribution in [1.29, 1.82) is 0 Å². The summed E-state index contributed by atoms with van der Waals surface area (Å²) in [7, 11) is 0. The highest BCUT2D eigenvalue weighted by atomic mass is 16.8. The maximum Gasteiger partial charge on any atom is 0.187 e. The molecule has 0 unspecified atom stereocenters. The van der Waals surface area contributed by atoms with Gasteiger partial charge < -0.3 is 173 Å². The first kappa shape index (κ1) is 102. The number of hydrogen-bond acceptors (Lipinski definition) is 35. The highest BCUT2D eigenvalue weighted by Crippen LogP contribution is 2.45. The number of fused-ring (bicyclic) bond motifs is 8. The van der Waals surface area contributed by atoms with Crippen molar-refractivity contribution >= 4 is 46.4 Å². The van der Waals surface area contributed by atoms with Crippen LogP contribution in [-0.4, -0.2) is 361 Å². The molecule has 3 aromatic heterocycles. The van der Waals surface area contributed by atoms with Gasteiger partial charge in [-0.2, -0.15) is 0 Å². The minimum absolute atomic E-state index is 0.0921. The van der Waals surface area contributed by atoms with Crippen molar-refractivity contribution in [3.05, 3.63) is 153 Å². The molecule has 6 saturated heterocycles. The van der Waals surface area contributed by atoms with Crippen LogP contribution in [0.3, 0.4) is 0 Å². The molecule has 30 atom stereocenters. The van der Waals surface area contributed by atoms with Crippen LogP contribution in [0, 0.1) is 41.5 Å². The molecule has 4 aromatic carbocycles. The Kier molecular flexibility index (Phi) is 34.3. The van der Waals surface area contributed by atoms with Gasteiger partial charge in [0, 0.05) is 50.7 Å². The fourth-order valence-electron chi connectivity index (χ4n) is 19.4. The number of aromatic nitrogens is 4. The lowest BCUT2D eigenvalue weighted by Gasteiger charge is -2.50. The van der Waals surface area contributed by atoms with Crippen LogP contribution in [-0.2, 0) is 56.8 Å². The Bertz CT molecular complexity index is 5180. The minimum atomic E-state index is -2.21. The zero-order valence-electron chi connectivity index (χ0n) is 76.7. The quantitative estimate of drug-likeness (QED) is 0.0250. The van der Waals surface area contributed by atoms with Gasteiger partial charge in [0.2, 0.25) is 0 Å². The maximum absolute atomic E-state index is 11.6. The van der Waals surface area contributed by atoms with Crippen molar-refractivity contribution in [3.8, 4) is 56.0 Å². The van der Waals surface area contributed by atoms with Gasteiger partial charge >= 0.3 is 0 Å². The highest BCUT2D eigenvalue weighted by molar-refractivity contribution is 6.01. The molecule has 8 aliphatic heterocycles. The number of rotatable bonds is 36. The molecule has 11 heterocycles. The van der Waals surface area contributed by atoms with Gasteiger partial charge in [-0.25, -0.2) is 9.97 Å². The highest BCUT2D eigenvalue weighted by Gasteiger charge is 2.58. The Labute approximate surface area is 785 Å². The van der Waals surface area contributed by atoms with E-state index >= 15 is 0 Å². The standard InChI is InChI=1S/C99H128N4O33/c1-8-9-10-11-12-13-14-15-33-123-54-21-17-52(18-22-54)72-56-25-29-60(100-56)74(70-48(4)36-46(2)37-49(70)5)62-31-27-58(102-62)73(59-28-32-63(103-59)75(61-30-26-57(72)101-61)71-50(6)38-47(3)39-51(71)7)53-19-23-55(24-20-53)124-34-16-35-125-94-84(118)78(112)89(65(41-105)127-94)133-96-86(120)80(114)91(67(43-107)129-96)135-98-88(122)82(116)93(69(45-109)131-98)136-99-87(121)81(115)92(68(44-108)130-99)134-97-85(119)79(113)90(66(42-106)128-97)132-95-83(117)77(111)76(110)64(40-104)126-95/h17-32,36-39,64-69,76-99,102-122H,8-16,33-35,40-45H2,1-7H3/t64-,65-,66-,67-,68-,69-,76-,77+,78-,79-,80-,81-,82-,83-,84-,85-,86-,87-,88-,89-,90-,91-,92-,93-,94-,95-,96-,97-,98-,99-/m1/s1. The van der Waals surface area contributed by atoms with Crippen LogP contribution in [0.4, 0.5) is 0 Å².